The molecular weight excluding hydrogens is 381 g/mol. The van der Waals surface area contributed by atoms with Gasteiger partial charge >= 0.3 is 103 Å². The zero-order valence-corrected chi connectivity index (χ0v) is 15.2. The van der Waals surface area contributed by atoms with Gasteiger partial charge in [-0.2, -0.15) is 0 Å². The zero-order valence-electron chi connectivity index (χ0n) is 5.21. The maximum Gasteiger partial charge on any atom is 1.00 e. The third-order valence-electron chi connectivity index (χ3n) is 0. The van der Waals surface area contributed by atoms with Gasteiger partial charge in [-0.3, -0.25) is 0 Å². The molecular formula is BrIK2O6. The summed E-state index contributed by atoms with van der Waals surface area (Å²) in [6.07, 6.45) is 0. The van der Waals surface area contributed by atoms with Crippen LogP contribution in [0.15, 0.2) is 0 Å². The maximum absolute atomic E-state index is 8.57. The summed E-state index contributed by atoms with van der Waals surface area (Å²) in [5.41, 5.74) is 0. The summed E-state index contributed by atoms with van der Waals surface area (Å²) in [6, 6.07) is 0. The van der Waals surface area contributed by atoms with Crippen LogP contribution < -0.4 is 147 Å². The van der Waals surface area contributed by atoms with Gasteiger partial charge < -0.3 is 22.9 Å². The molecule has 52 valence electrons. The van der Waals surface area contributed by atoms with Crippen molar-refractivity contribution in [3.8, 4) is 0 Å². The van der Waals surface area contributed by atoms with Gasteiger partial charge in [-0.1, -0.05) is 0 Å². The fraction of sp³-hybridized carbons (Fsp3) is 0. The molecule has 0 N–H and O–H groups in total. The van der Waals surface area contributed by atoms with E-state index in [-0.39, 0.29) is 103 Å². The summed E-state index contributed by atoms with van der Waals surface area (Å²) in [4.78, 5) is 0. The van der Waals surface area contributed by atoms with E-state index in [4.69, 9.17) is 22.9 Å². The Kier molecular flexibility index (Phi) is 45.0. The molecule has 6 nitrogen and oxygen atoms in total. The van der Waals surface area contributed by atoms with E-state index in [0.29, 0.717) is 0 Å². The monoisotopic (exact) mass is 380 g/mol. The van der Waals surface area contributed by atoms with E-state index in [2.05, 4.69) is 0 Å². The van der Waals surface area contributed by atoms with Crippen LogP contribution in [0.25, 0.3) is 0 Å². The molecule has 0 aliphatic carbocycles. The molecule has 0 fully saturated rings. The Morgan fingerprint density at radius 2 is 0.800 bits per heavy atom. The van der Waals surface area contributed by atoms with Crippen molar-refractivity contribution in [2.24, 2.45) is 0 Å². The summed E-state index contributed by atoms with van der Waals surface area (Å²) in [7, 11) is 0. The van der Waals surface area contributed by atoms with Crippen molar-refractivity contribution >= 4 is 0 Å². The van der Waals surface area contributed by atoms with E-state index in [0.717, 1.165) is 0 Å². The van der Waals surface area contributed by atoms with Crippen LogP contribution in [-0.2, 0) is 0 Å². The van der Waals surface area contributed by atoms with Gasteiger partial charge in [0.15, 0.2) is 0 Å². The van der Waals surface area contributed by atoms with Gasteiger partial charge in [0, 0.05) is 0 Å². The number of hydrogen-bond donors (Lipinski definition) is 0. The van der Waals surface area contributed by atoms with Crippen LogP contribution in [0.2, 0.25) is 0 Å². The van der Waals surface area contributed by atoms with E-state index < -0.39 is 35.9 Å². The molecule has 0 amide bonds. The fourth-order valence-corrected chi connectivity index (χ4v) is 0. The first kappa shape index (κ1) is 23.8. The SMILES string of the molecule is [K+].[K+].[O-][Br+2]([O-])[O-].[O-][I+2]([O-])[O-]. The molecule has 0 saturated heterocycles. The van der Waals surface area contributed by atoms with Crippen LogP contribution in [0.1, 0.15) is 0 Å². The van der Waals surface area contributed by atoms with Crippen molar-refractivity contribution < 1.29 is 162 Å². The van der Waals surface area contributed by atoms with Crippen LogP contribution in [0.4, 0.5) is 0 Å². The Bertz CT molecular complexity index is 31.2. The Hall–Kier alpha value is 4.24. The third kappa shape index (κ3) is 86.0. The molecule has 0 spiro atoms. The molecule has 0 heterocycles. The molecule has 0 aromatic heterocycles. The first-order chi connectivity index (χ1) is 3.46. The molecule has 0 rings (SSSR count). The summed E-state index contributed by atoms with van der Waals surface area (Å²) in [5, 5.41) is 0. The third-order valence-corrected chi connectivity index (χ3v) is 0. The Morgan fingerprint density at radius 3 is 0.800 bits per heavy atom. The van der Waals surface area contributed by atoms with E-state index in [1.54, 1.807) is 0 Å². The van der Waals surface area contributed by atoms with Gasteiger partial charge in [0.25, 0.3) is 21.1 Å². The molecule has 10 heavy (non-hydrogen) atoms. The van der Waals surface area contributed by atoms with Crippen LogP contribution >= 0.6 is 0 Å². The van der Waals surface area contributed by atoms with Crippen LogP contribution in [0.5, 0.6) is 0 Å². The second kappa shape index (κ2) is 18.9. The van der Waals surface area contributed by atoms with Gasteiger partial charge in [0.05, 0.1) is 0 Å². The number of halogens is 2. The van der Waals surface area contributed by atoms with Crippen LogP contribution in [0, 0.1) is 14.8 Å². The van der Waals surface area contributed by atoms with E-state index in [1.165, 1.54) is 0 Å². The standard InChI is InChI=1S/BrO3.IO3.2K/c2*2-1(3)4;;/q2*-1;2*+1. The van der Waals surface area contributed by atoms with Crippen molar-refractivity contribution in [3.63, 3.8) is 0 Å². The molecule has 0 radical (unpaired) electrons. The minimum absolute atomic E-state index is 0. The molecule has 0 bridgehead atoms. The molecule has 0 aliphatic rings. The molecule has 10 heteroatoms. The van der Waals surface area contributed by atoms with Gasteiger partial charge in [-0.15, -0.1) is 0 Å². The summed E-state index contributed by atoms with van der Waals surface area (Å²) in [5.74, 6) is 0. The summed E-state index contributed by atoms with van der Waals surface area (Å²) >= 11 is -7.66. The Labute approximate surface area is 157 Å². The first-order valence-corrected chi connectivity index (χ1v) is 5.51. The minimum atomic E-state index is -4.01. The van der Waals surface area contributed by atoms with Crippen molar-refractivity contribution in [2.45, 2.75) is 0 Å². The minimum Gasteiger partial charge on any atom is -0.427 e. The molecule has 0 aromatic carbocycles. The van der Waals surface area contributed by atoms with Gasteiger partial charge in [0.2, 0.25) is 14.8 Å². The average molecular weight is 381 g/mol. The number of hydrogen-bond acceptors (Lipinski definition) is 6. The Balaban J connectivity index is -0.0000000300. The van der Waals surface area contributed by atoms with Crippen molar-refractivity contribution in [3.05, 3.63) is 0 Å². The molecule has 0 aliphatic heterocycles. The molecule has 0 aromatic rings. The molecule has 0 saturated carbocycles. The first-order valence-electron chi connectivity index (χ1n) is 0.926. The van der Waals surface area contributed by atoms with Crippen LogP contribution in [0.3, 0.4) is 0 Å². The average Bonchev–Trinajstić information content (AvgIpc) is 1.25. The number of rotatable bonds is 0. The normalized spacial score (nSPS) is 7.20. The zero-order chi connectivity index (χ0) is 7.15. The maximum atomic E-state index is 8.57. The predicted octanol–water partition coefficient (Wildman–Crippen LogP) is -16.1. The molecule has 0 atom stereocenters. The van der Waals surface area contributed by atoms with Crippen LogP contribution in [-0.4, -0.2) is 0 Å². The van der Waals surface area contributed by atoms with E-state index in [9.17, 15) is 0 Å². The summed E-state index contributed by atoms with van der Waals surface area (Å²) in [6.45, 7) is 0. The topological polar surface area (TPSA) is 138 Å². The molecule has 0 unspecified atom stereocenters. The van der Waals surface area contributed by atoms with E-state index >= 15 is 0 Å². The Morgan fingerprint density at radius 1 is 0.800 bits per heavy atom. The smallest absolute Gasteiger partial charge is 0.427 e. The van der Waals surface area contributed by atoms with Crippen molar-refractivity contribution in [2.75, 3.05) is 0 Å². The largest absolute Gasteiger partial charge is 1.00 e. The fourth-order valence-electron chi connectivity index (χ4n) is 0. The van der Waals surface area contributed by atoms with Gasteiger partial charge in [-0.25, -0.2) is 0 Å². The second-order valence-electron chi connectivity index (χ2n) is 0.378. The van der Waals surface area contributed by atoms with Gasteiger partial charge in [0.1, 0.15) is 0 Å². The second-order valence-corrected chi connectivity index (χ2v) is 2.25. The predicted molar refractivity (Wildman–Crippen MR) is 0 cm³/mol. The quantitative estimate of drug-likeness (QED) is 0.302. The van der Waals surface area contributed by atoms with Crippen molar-refractivity contribution in [1.29, 1.82) is 0 Å². The van der Waals surface area contributed by atoms with Gasteiger partial charge in [-0.05, 0) is 0 Å². The summed E-state index contributed by atoms with van der Waals surface area (Å²) < 4.78 is 51.3. The van der Waals surface area contributed by atoms with E-state index in [1.807, 2.05) is 0 Å². The van der Waals surface area contributed by atoms with Crippen molar-refractivity contribution in [1.82, 2.24) is 0 Å².